The lowest BCUT2D eigenvalue weighted by atomic mass is 10.0. The molecule has 0 saturated heterocycles. The fraction of sp³-hybridized carbons (Fsp3) is 0.273. The van der Waals surface area contributed by atoms with Crippen molar-refractivity contribution < 1.29 is 23.1 Å². The molecule has 2 aromatic rings. The van der Waals surface area contributed by atoms with Gasteiger partial charge in [0, 0.05) is 24.9 Å². The summed E-state index contributed by atoms with van der Waals surface area (Å²) in [6.07, 6.45) is 0.555. The van der Waals surface area contributed by atoms with Gasteiger partial charge in [-0.15, -0.1) is 0 Å². The number of hydrogen-bond acceptors (Lipinski definition) is 4. The maximum atomic E-state index is 13.6. The monoisotopic (exact) mass is 400 g/mol. The van der Waals surface area contributed by atoms with Gasteiger partial charge < -0.3 is 10.1 Å². The standard InChI is InChI=1S/C22H22F2N2O3/c1-14(2)29-12-6-11-26-21(27)19(15-7-4-3-5-8-15)20(22(26)28)25-16-9-10-17(23)18(24)13-16/h3-5,7-10,13-14,25H,6,11-12H2,1-2H3. The molecule has 0 bridgehead atoms. The number of carbonyl (C=O) groups excluding carboxylic acids is 2. The van der Waals surface area contributed by atoms with Crippen molar-refractivity contribution in [3.8, 4) is 0 Å². The van der Waals surface area contributed by atoms with Crippen LogP contribution in [0.1, 0.15) is 25.8 Å². The maximum absolute atomic E-state index is 13.6. The number of imide groups is 1. The highest BCUT2D eigenvalue weighted by atomic mass is 19.2. The van der Waals surface area contributed by atoms with Crippen LogP contribution in [0.5, 0.6) is 0 Å². The molecular weight excluding hydrogens is 378 g/mol. The summed E-state index contributed by atoms with van der Waals surface area (Å²) < 4.78 is 32.3. The minimum atomic E-state index is -1.05. The number of hydrogen-bond donors (Lipinski definition) is 1. The zero-order chi connectivity index (χ0) is 21.0. The molecule has 0 aliphatic carbocycles. The quantitative estimate of drug-likeness (QED) is 0.538. The Morgan fingerprint density at radius 2 is 1.72 bits per heavy atom. The molecule has 0 spiro atoms. The molecule has 0 fully saturated rings. The topological polar surface area (TPSA) is 58.6 Å². The zero-order valence-corrected chi connectivity index (χ0v) is 16.2. The summed E-state index contributed by atoms with van der Waals surface area (Å²) in [4.78, 5) is 27.1. The Kier molecular flexibility index (Phi) is 6.39. The third kappa shape index (κ3) is 4.68. The second-order valence-electron chi connectivity index (χ2n) is 6.90. The Morgan fingerprint density at radius 3 is 2.38 bits per heavy atom. The average Bonchev–Trinajstić information content (AvgIpc) is 2.92. The summed E-state index contributed by atoms with van der Waals surface area (Å²) >= 11 is 0. The number of anilines is 1. The molecule has 29 heavy (non-hydrogen) atoms. The van der Waals surface area contributed by atoms with E-state index in [1.807, 2.05) is 13.8 Å². The summed E-state index contributed by atoms with van der Waals surface area (Å²) in [5.74, 6) is -2.98. The number of nitrogens with one attached hydrogen (secondary N) is 1. The molecule has 5 nitrogen and oxygen atoms in total. The summed E-state index contributed by atoms with van der Waals surface area (Å²) in [7, 11) is 0. The fourth-order valence-electron chi connectivity index (χ4n) is 3.03. The van der Waals surface area contributed by atoms with Crippen molar-refractivity contribution >= 4 is 23.1 Å². The van der Waals surface area contributed by atoms with Gasteiger partial charge in [0.25, 0.3) is 11.8 Å². The molecule has 0 saturated carbocycles. The van der Waals surface area contributed by atoms with Crippen LogP contribution in [0.25, 0.3) is 5.57 Å². The Hall–Kier alpha value is -3.06. The minimum absolute atomic E-state index is 0.0389. The van der Waals surface area contributed by atoms with Crippen LogP contribution < -0.4 is 5.32 Å². The third-order valence-electron chi connectivity index (χ3n) is 4.40. The summed E-state index contributed by atoms with van der Waals surface area (Å²) in [6, 6.07) is 12.0. The molecule has 152 valence electrons. The molecule has 2 aromatic carbocycles. The molecule has 1 aliphatic heterocycles. The average molecular weight is 400 g/mol. The first-order chi connectivity index (χ1) is 13.9. The van der Waals surface area contributed by atoms with Gasteiger partial charge in [-0.3, -0.25) is 14.5 Å². The SMILES string of the molecule is CC(C)OCCCN1C(=O)C(Nc2ccc(F)c(F)c2)=C(c2ccccc2)C1=O. The second kappa shape index (κ2) is 8.96. The van der Waals surface area contributed by atoms with Gasteiger partial charge in [0.2, 0.25) is 0 Å². The second-order valence-corrected chi connectivity index (χ2v) is 6.90. The zero-order valence-electron chi connectivity index (χ0n) is 16.2. The molecule has 0 radical (unpaired) electrons. The van der Waals surface area contributed by atoms with Gasteiger partial charge in [0.15, 0.2) is 11.6 Å². The van der Waals surface area contributed by atoms with Crippen LogP contribution in [0.2, 0.25) is 0 Å². The van der Waals surface area contributed by atoms with Gasteiger partial charge in [-0.2, -0.15) is 0 Å². The first-order valence-corrected chi connectivity index (χ1v) is 9.38. The number of ether oxygens (including phenoxy) is 1. The lowest BCUT2D eigenvalue weighted by molar-refractivity contribution is -0.137. The van der Waals surface area contributed by atoms with E-state index >= 15 is 0 Å². The van der Waals surface area contributed by atoms with Gasteiger partial charge in [0.05, 0.1) is 11.7 Å². The van der Waals surface area contributed by atoms with E-state index in [4.69, 9.17) is 4.74 Å². The number of nitrogens with zero attached hydrogens (tertiary/aromatic N) is 1. The van der Waals surface area contributed by atoms with Gasteiger partial charge >= 0.3 is 0 Å². The largest absolute Gasteiger partial charge is 0.379 e. The normalized spacial score (nSPS) is 14.3. The van der Waals surface area contributed by atoms with E-state index in [0.717, 1.165) is 17.0 Å². The Labute approximate surface area is 168 Å². The summed E-state index contributed by atoms with van der Waals surface area (Å²) in [5, 5.41) is 2.81. The number of amides is 2. The maximum Gasteiger partial charge on any atom is 0.278 e. The highest BCUT2D eigenvalue weighted by Crippen LogP contribution is 2.30. The van der Waals surface area contributed by atoms with Gasteiger partial charge in [0.1, 0.15) is 5.70 Å². The van der Waals surface area contributed by atoms with E-state index in [0.29, 0.717) is 18.6 Å². The van der Waals surface area contributed by atoms with Crippen molar-refractivity contribution in [3.05, 3.63) is 71.4 Å². The first-order valence-electron chi connectivity index (χ1n) is 9.38. The third-order valence-corrected chi connectivity index (χ3v) is 4.40. The molecule has 0 atom stereocenters. The van der Waals surface area contributed by atoms with Crippen molar-refractivity contribution in [2.24, 2.45) is 0 Å². The van der Waals surface area contributed by atoms with E-state index < -0.39 is 23.4 Å². The number of benzene rings is 2. The van der Waals surface area contributed by atoms with Crippen molar-refractivity contribution in [2.75, 3.05) is 18.5 Å². The fourth-order valence-corrected chi connectivity index (χ4v) is 3.03. The predicted octanol–water partition coefficient (Wildman–Crippen LogP) is 3.97. The van der Waals surface area contributed by atoms with Gasteiger partial charge in [-0.25, -0.2) is 8.78 Å². The molecule has 1 aliphatic rings. The molecular formula is C22H22F2N2O3. The van der Waals surface area contributed by atoms with E-state index in [9.17, 15) is 18.4 Å². The highest BCUT2D eigenvalue weighted by Gasteiger charge is 2.38. The number of rotatable bonds is 8. The Morgan fingerprint density at radius 1 is 1.00 bits per heavy atom. The van der Waals surface area contributed by atoms with Crippen LogP contribution in [0.15, 0.2) is 54.2 Å². The lowest BCUT2D eigenvalue weighted by Crippen LogP contribution is -2.34. The Bertz CT molecular complexity index is 942. The summed E-state index contributed by atoms with van der Waals surface area (Å²) in [6.45, 7) is 4.43. The lowest BCUT2D eigenvalue weighted by Gasteiger charge is -2.16. The first kappa shape index (κ1) is 20.7. The minimum Gasteiger partial charge on any atom is -0.379 e. The van der Waals surface area contributed by atoms with E-state index in [2.05, 4.69) is 5.32 Å². The van der Waals surface area contributed by atoms with E-state index in [1.165, 1.54) is 6.07 Å². The van der Waals surface area contributed by atoms with Crippen LogP contribution in [0.4, 0.5) is 14.5 Å². The van der Waals surface area contributed by atoms with Crippen LogP contribution in [0.3, 0.4) is 0 Å². The van der Waals surface area contributed by atoms with E-state index in [-0.39, 0.29) is 29.6 Å². The molecule has 0 aromatic heterocycles. The molecule has 1 heterocycles. The molecule has 2 amide bonds. The molecule has 0 unspecified atom stereocenters. The van der Waals surface area contributed by atoms with Crippen LogP contribution in [0, 0.1) is 11.6 Å². The van der Waals surface area contributed by atoms with Crippen LogP contribution in [-0.4, -0.2) is 36.0 Å². The number of halogens is 2. The van der Waals surface area contributed by atoms with E-state index in [1.54, 1.807) is 30.3 Å². The molecule has 7 heteroatoms. The summed E-state index contributed by atoms with van der Waals surface area (Å²) in [5.41, 5.74) is 0.984. The highest BCUT2D eigenvalue weighted by molar-refractivity contribution is 6.36. The van der Waals surface area contributed by atoms with Crippen molar-refractivity contribution in [1.82, 2.24) is 4.90 Å². The smallest absolute Gasteiger partial charge is 0.278 e. The van der Waals surface area contributed by atoms with Gasteiger partial charge in [-0.05, 0) is 38.0 Å². The van der Waals surface area contributed by atoms with Gasteiger partial charge in [-0.1, -0.05) is 30.3 Å². The van der Waals surface area contributed by atoms with Crippen molar-refractivity contribution in [3.63, 3.8) is 0 Å². The van der Waals surface area contributed by atoms with Crippen molar-refractivity contribution in [2.45, 2.75) is 26.4 Å². The van der Waals surface area contributed by atoms with Crippen LogP contribution >= 0.6 is 0 Å². The molecule has 1 N–H and O–H groups in total. The molecule has 3 rings (SSSR count). The van der Waals surface area contributed by atoms with Crippen molar-refractivity contribution in [1.29, 1.82) is 0 Å². The predicted molar refractivity (Wildman–Crippen MR) is 106 cm³/mol. The van der Waals surface area contributed by atoms with Crippen LogP contribution in [-0.2, 0) is 14.3 Å². The Balaban J connectivity index is 1.89. The number of carbonyl (C=O) groups is 2.